The van der Waals surface area contributed by atoms with E-state index < -0.39 is 22.0 Å². The van der Waals surface area contributed by atoms with Gasteiger partial charge in [0.25, 0.3) is 0 Å². The molecule has 0 aromatic heterocycles. The first-order valence-electron chi connectivity index (χ1n) is 8.29. The minimum Gasteiger partial charge on any atom is -0.480 e. The molecule has 2 aromatic carbocycles. The van der Waals surface area contributed by atoms with Crippen molar-refractivity contribution < 1.29 is 18.3 Å². The second-order valence-corrected chi connectivity index (χ2v) is 8.32. The van der Waals surface area contributed by atoms with Crippen molar-refractivity contribution in [1.29, 1.82) is 0 Å². The third-order valence-corrected chi connectivity index (χ3v) is 5.98. The van der Waals surface area contributed by atoms with E-state index in [1.165, 1.54) is 11.1 Å². The van der Waals surface area contributed by atoms with Crippen molar-refractivity contribution in [2.75, 3.05) is 5.75 Å². The number of rotatable bonds is 7. The molecule has 0 heterocycles. The lowest BCUT2D eigenvalue weighted by Crippen LogP contribution is -2.35. The Kier molecular flexibility index (Phi) is 5.20. The van der Waals surface area contributed by atoms with Crippen LogP contribution in [0.15, 0.2) is 54.6 Å². The Balaban J connectivity index is 1.61. The SMILES string of the molecule is O=C(O)[C@H](NS(=O)(=O)CCC1Cc2ccccc2C1)c1ccccc1. The minimum atomic E-state index is -3.68. The largest absolute Gasteiger partial charge is 0.480 e. The zero-order valence-corrected chi connectivity index (χ0v) is 14.6. The molecular formula is C19H21NO4S. The highest BCUT2D eigenvalue weighted by atomic mass is 32.2. The number of carbonyl (C=O) groups is 1. The van der Waals surface area contributed by atoms with Gasteiger partial charge in [-0.1, -0.05) is 54.6 Å². The van der Waals surface area contributed by atoms with Crippen molar-refractivity contribution in [3.05, 3.63) is 71.3 Å². The fourth-order valence-corrected chi connectivity index (χ4v) is 4.68. The Hall–Kier alpha value is -2.18. The molecule has 0 unspecified atom stereocenters. The van der Waals surface area contributed by atoms with Crippen molar-refractivity contribution in [3.63, 3.8) is 0 Å². The molecular weight excluding hydrogens is 338 g/mol. The highest BCUT2D eigenvalue weighted by Gasteiger charge is 2.27. The minimum absolute atomic E-state index is 0.0672. The summed E-state index contributed by atoms with van der Waals surface area (Å²) < 4.78 is 27.1. The maximum absolute atomic E-state index is 12.4. The first-order valence-corrected chi connectivity index (χ1v) is 9.94. The lowest BCUT2D eigenvalue weighted by molar-refractivity contribution is -0.139. The van der Waals surface area contributed by atoms with Gasteiger partial charge in [0.2, 0.25) is 10.0 Å². The van der Waals surface area contributed by atoms with Gasteiger partial charge in [-0.3, -0.25) is 4.79 Å². The molecule has 0 radical (unpaired) electrons. The molecule has 0 amide bonds. The summed E-state index contributed by atoms with van der Waals surface area (Å²) in [4.78, 5) is 11.5. The molecule has 1 aliphatic rings. The number of carboxylic acids is 1. The molecule has 0 bridgehead atoms. The van der Waals surface area contributed by atoms with Gasteiger partial charge in [0.15, 0.2) is 0 Å². The van der Waals surface area contributed by atoms with E-state index in [0.717, 1.165) is 12.8 Å². The van der Waals surface area contributed by atoms with Gasteiger partial charge >= 0.3 is 5.97 Å². The Morgan fingerprint density at radius 3 is 2.16 bits per heavy atom. The van der Waals surface area contributed by atoms with E-state index in [1.807, 2.05) is 12.1 Å². The van der Waals surface area contributed by atoms with Crippen molar-refractivity contribution in [1.82, 2.24) is 4.72 Å². The van der Waals surface area contributed by atoms with Crippen LogP contribution in [-0.4, -0.2) is 25.2 Å². The molecule has 0 fully saturated rings. The number of fused-ring (bicyclic) bond motifs is 1. The van der Waals surface area contributed by atoms with E-state index >= 15 is 0 Å². The Bertz CT molecular complexity index is 824. The summed E-state index contributed by atoms with van der Waals surface area (Å²) >= 11 is 0. The standard InChI is InChI=1S/C19H21NO4S/c21-19(22)18(15-6-2-1-3-7-15)20-25(23,24)11-10-14-12-16-8-4-5-9-17(16)13-14/h1-9,14,18,20H,10-13H2,(H,21,22)/t18-/m1/s1. The molecule has 25 heavy (non-hydrogen) atoms. The maximum atomic E-state index is 12.4. The molecule has 1 aliphatic carbocycles. The highest BCUT2D eigenvalue weighted by Crippen LogP contribution is 2.29. The van der Waals surface area contributed by atoms with Crippen LogP contribution >= 0.6 is 0 Å². The van der Waals surface area contributed by atoms with Gasteiger partial charge in [0, 0.05) is 0 Å². The highest BCUT2D eigenvalue weighted by molar-refractivity contribution is 7.89. The lowest BCUT2D eigenvalue weighted by atomic mass is 10.0. The number of nitrogens with one attached hydrogen (secondary N) is 1. The van der Waals surface area contributed by atoms with Gasteiger partial charge in [-0.2, -0.15) is 4.72 Å². The Morgan fingerprint density at radius 2 is 1.60 bits per heavy atom. The molecule has 2 N–H and O–H groups in total. The number of hydrogen-bond donors (Lipinski definition) is 2. The number of carboxylic acid groups (broad SMARTS) is 1. The van der Waals surface area contributed by atoms with Crippen LogP contribution in [-0.2, 0) is 27.7 Å². The quantitative estimate of drug-likeness (QED) is 0.796. The second kappa shape index (κ2) is 7.37. The molecule has 3 rings (SSSR count). The van der Waals surface area contributed by atoms with E-state index in [1.54, 1.807) is 30.3 Å². The van der Waals surface area contributed by atoms with E-state index in [9.17, 15) is 18.3 Å². The van der Waals surface area contributed by atoms with Gasteiger partial charge in [-0.05, 0) is 41.9 Å². The third kappa shape index (κ3) is 4.46. The maximum Gasteiger partial charge on any atom is 0.326 e. The lowest BCUT2D eigenvalue weighted by Gasteiger charge is -2.16. The van der Waals surface area contributed by atoms with Gasteiger partial charge in [0.05, 0.1) is 5.75 Å². The number of sulfonamides is 1. The molecule has 5 nitrogen and oxygen atoms in total. The Morgan fingerprint density at radius 1 is 1.04 bits per heavy atom. The van der Waals surface area contributed by atoms with Crippen molar-refractivity contribution >= 4 is 16.0 Å². The normalized spacial score (nSPS) is 15.7. The van der Waals surface area contributed by atoms with Crippen LogP contribution in [0.4, 0.5) is 0 Å². The van der Waals surface area contributed by atoms with E-state index in [4.69, 9.17) is 0 Å². The first-order chi connectivity index (χ1) is 11.9. The Labute approximate surface area is 147 Å². The van der Waals surface area contributed by atoms with Crippen LogP contribution in [0.2, 0.25) is 0 Å². The second-order valence-electron chi connectivity index (χ2n) is 6.45. The molecule has 0 saturated carbocycles. The van der Waals surface area contributed by atoms with Gasteiger partial charge in [0.1, 0.15) is 6.04 Å². The number of benzene rings is 2. The molecule has 0 saturated heterocycles. The van der Waals surface area contributed by atoms with Crippen LogP contribution in [0, 0.1) is 5.92 Å². The molecule has 1 atom stereocenters. The van der Waals surface area contributed by atoms with Crippen molar-refractivity contribution in [2.24, 2.45) is 5.92 Å². The van der Waals surface area contributed by atoms with Crippen LogP contribution < -0.4 is 4.72 Å². The summed E-state index contributed by atoms with van der Waals surface area (Å²) in [5.41, 5.74) is 2.99. The average Bonchev–Trinajstić information content (AvgIpc) is 3.02. The third-order valence-electron chi connectivity index (χ3n) is 4.61. The van der Waals surface area contributed by atoms with Crippen LogP contribution in [0.3, 0.4) is 0 Å². The zero-order valence-electron chi connectivity index (χ0n) is 13.8. The van der Waals surface area contributed by atoms with Crippen LogP contribution in [0.1, 0.15) is 29.2 Å². The number of hydrogen-bond acceptors (Lipinski definition) is 3. The van der Waals surface area contributed by atoms with Crippen molar-refractivity contribution in [3.8, 4) is 0 Å². The van der Waals surface area contributed by atoms with E-state index in [2.05, 4.69) is 16.9 Å². The molecule has 0 aliphatic heterocycles. The smallest absolute Gasteiger partial charge is 0.326 e. The molecule has 2 aromatic rings. The fourth-order valence-electron chi connectivity index (χ4n) is 3.32. The summed E-state index contributed by atoms with van der Waals surface area (Å²) in [6.07, 6.45) is 2.28. The predicted molar refractivity (Wildman–Crippen MR) is 95.7 cm³/mol. The topological polar surface area (TPSA) is 83.5 Å². The average molecular weight is 359 g/mol. The predicted octanol–water partition coefficient (Wildman–Crippen LogP) is 2.54. The summed E-state index contributed by atoms with van der Waals surface area (Å²) in [6.45, 7) is 0. The van der Waals surface area contributed by atoms with E-state index in [-0.39, 0.29) is 11.7 Å². The van der Waals surface area contributed by atoms with Gasteiger partial charge in [-0.25, -0.2) is 8.42 Å². The summed E-state index contributed by atoms with van der Waals surface area (Å²) in [7, 11) is -3.68. The van der Waals surface area contributed by atoms with Gasteiger partial charge in [-0.15, -0.1) is 0 Å². The number of aliphatic carboxylic acids is 1. The fraction of sp³-hybridized carbons (Fsp3) is 0.316. The van der Waals surface area contributed by atoms with Gasteiger partial charge < -0.3 is 5.11 Å². The summed E-state index contributed by atoms with van der Waals surface area (Å²) in [5, 5.41) is 9.36. The van der Waals surface area contributed by atoms with Crippen LogP contribution in [0.25, 0.3) is 0 Å². The molecule has 6 heteroatoms. The molecule has 0 spiro atoms. The monoisotopic (exact) mass is 359 g/mol. The summed E-state index contributed by atoms with van der Waals surface area (Å²) in [5.74, 6) is -0.987. The van der Waals surface area contributed by atoms with Crippen molar-refractivity contribution in [2.45, 2.75) is 25.3 Å². The van der Waals surface area contributed by atoms with E-state index in [0.29, 0.717) is 12.0 Å². The zero-order chi connectivity index (χ0) is 17.9. The van der Waals surface area contributed by atoms with Crippen LogP contribution in [0.5, 0.6) is 0 Å². The summed E-state index contributed by atoms with van der Waals surface area (Å²) in [6, 6.07) is 15.2. The first kappa shape index (κ1) is 17.6. The molecule has 132 valence electrons.